The molecule has 4 rings (SSSR count). The maximum Gasteiger partial charge on any atom is 0.416 e. The topological polar surface area (TPSA) is 62.8 Å². The molecular weight excluding hydrogens is 412 g/mol. The van der Waals surface area contributed by atoms with Crippen molar-refractivity contribution in [3.05, 3.63) is 76.2 Å². The van der Waals surface area contributed by atoms with E-state index in [2.05, 4.69) is 10.2 Å². The highest BCUT2D eigenvalue weighted by atomic mass is 19.4. The van der Waals surface area contributed by atoms with Crippen molar-refractivity contribution in [2.24, 2.45) is 0 Å². The Hall–Kier alpha value is -3.29. The summed E-state index contributed by atoms with van der Waals surface area (Å²) in [5, 5.41) is 7.16. The number of ketones is 2. The zero-order valence-corrected chi connectivity index (χ0v) is 16.5. The van der Waals surface area contributed by atoms with Crippen molar-refractivity contribution in [2.75, 3.05) is 0 Å². The van der Waals surface area contributed by atoms with Crippen LogP contribution < -0.4 is 0 Å². The smallest absolute Gasteiger partial charge is 0.299 e. The highest BCUT2D eigenvalue weighted by Crippen LogP contribution is 2.38. The number of nitrogens with one attached hydrogen (secondary N) is 1. The molecule has 1 heterocycles. The molecule has 2 aromatic carbocycles. The molecule has 0 saturated carbocycles. The number of Topliss-reactive ketones (excluding diaryl/α,β-unsaturated/α-hetero) is 2. The van der Waals surface area contributed by atoms with Gasteiger partial charge < -0.3 is 0 Å². The molecule has 1 aliphatic rings. The van der Waals surface area contributed by atoms with Gasteiger partial charge in [0.25, 0.3) is 0 Å². The minimum absolute atomic E-state index is 0.0209. The molecule has 0 fully saturated rings. The molecule has 3 aromatic rings. The Kier molecular flexibility index (Phi) is 5.24. The normalized spacial score (nSPS) is 17.5. The number of hydrogen-bond acceptors (Lipinski definition) is 3. The molecule has 1 aliphatic carbocycles. The van der Waals surface area contributed by atoms with Crippen LogP contribution in [0.25, 0.3) is 10.9 Å². The van der Waals surface area contributed by atoms with Crippen LogP contribution in [0.15, 0.2) is 53.7 Å². The summed E-state index contributed by atoms with van der Waals surface area (Å²) in [5.41, 5.74) is 1.29. The minimum Gasteiger partial charge on any atom is -0.299 e. The Balaban J connectivity index is 1.67. The van der Waals surface area contributed by atoms with Crippen LogP contribution in [-0.2, 0) is 22.2 Å². The number of carbonyl (C=O) groups is 2. The molecule has 1 aromatic heterocycles. The fourth-order valence-corrected chi connectivity index (χ4v) is 4.13. The second-order valence-corrected chi connectivity index (χ2v) is 7.79. The number of H-pyrrole nitrogens is 1. The van der Waals surface area contributed by atoms with Crippen LogP contribution in [0.3, 0.4) is 0 Å². The van der Waals surface area contributed by atoms with Gasteiger partial charge in [-0.1, -0.05) is 17.7 Å². The average Bonchev–Trinajstić information content (AvgIpc) is 3.14. The monoisotopic (exact) mass is 430 g/mol. The summed E-state index contributed by atoms with van der Waals surface area (Å²) in [7, 11) is 0. The van der Waals surface area contributed by atoms with Gasteiger partial charge in [0.1, 0.15) is 11.6 Å². The average molecular weight is 430 g/mol. The van der Waals surface area contributed by atoms with Crippen molar-refractivity contribution in [1.29, 1.82) is 0 Å². The van der Waals surface area contributed by atoms with Gasteiger partial charge >= 0.3 is 6.18 Å². The van der Waals surface area contributed by atoms with Crippen LogP contribution in [0.5, 0.6) is 0 Å². The van der Waals surface area contributed by atoms with Crippen molar-refractivity contribution >= 4 is 22.5 Å². The number of fused-ring (bicyclic) bond motifs is 1. The molecule has 1 atom stereocenters. The molecule has 0 bridgehead atoms. The summed E-state index contributed by atoms with van der Waals surface area (Å²) < 4.78 is 53.2. The number of benzene rings is 2. The van der Waals surface area contributed by atoms with Gasteiger partial charge in [-0.2, -0.15) is 18.3 Å². The summed E-state index contributed by atoms with van der Waals surface area (Å²) >= 11 is 0. The third kappa shape index (κ3) is 4.15. The molecule has 4 nitrogen and oxygen atoms in total. The van der Waals surface area contributed by atoms with Crippen molar-refractivity contribution < 1.29 is 27.2 Å². The summed E-state index contributed by atoms with van der Waals surface area (Å²) in [6, 6.07) is 7.29. The van der Waals surface area contributed by atoms with Crippen molar-refractivity contribution in [2.45, 2.75) is 38.3 Å². The van der Waals surface area contributed by atoms with E-state index in [0.717, 1.165) is 12.1 Å². The van der Waals surface area contributed by atoms with E-state index in [-0.39, 0.29) is 36.4 Å². The number of carbonyl (C=O) groups excluding carboxylic acids is 2. The van der Waals surface area contributed by atoms with Crippen molar-refractivity contribution in [3.8, 4) is 0 Å². The lowest BCUT2D eigenvalue weighted by Gasteiger charge is -2.27. The number of allylic oxidation sites excluding steroid dienone is 2. The van der Waals surface area contributed by atoms with Gasteiger partial charge in [-0.3, -0.25) is 14.7 Å². The van der Waals surface area contributed by atoms with Crippen LogP contribution in [0.1, 0.15) is 42.4 Å². The molecule has 1 unspecified atom stereocenters. The molecule has 0 saturated heterocycles. The first-order valence-electron chi connectivity index (χ1n) is 9.66. The van der Waals surface area contributed by atoms with E-state index < -0.39 is 23.5 Å². The van der Waals surface area contributed by atoms with Crippen LogP contribution in [0.4, 0.5) is 17.6 Å². The first kappa shape index (κ1) is 21.0. The van der Waals surface area contributed by atoms with Crippen molar-refractivity contribution in [3.63, 3.8) is 0 Å². The van der Waals surface area contributed by atoms with E-state index >= 15 is 0 Å². The molecule has 0 aliphatic heterocycles. The summed E-state index contributed by atoms with van der Waals surface area (Å²) in [6.07, 6.45) is -3.05. The summed E-state index contributed by atoms with van der Waals surface area (Å²) in [5.74, 6) is -1.65. The van der Waals surface area contributed by atoms with Gasteiger partial charge in [0.05, 0.1) is 17.3 Å². The van der Waals surface area contributed by atoms with Gasteiger partial charge in [-0.05, 0) is 42.3 Å². The van der Waals surface area contributed by atoms with Crippen LogP contribution in [0, 0.1) is 5.82 Å². The predicted octanol–water partition coefficient (Wildman–Crippen LogP) is 5.30. The van der Waals surface area contributed by atoms with E-state index in [1.807, 2.05) is 0 Å². The summed E-state index contributed by atoms with van der Waals surface area (Å²) in [4.78, 5) is 25.4. The molecule has 31 heavy (non-hydrogen) atoms. The van der Waals surface area contributed by atoms with Crippen LogP contribution in [-0.4, -0.2) is 21.8 Å². The number of aromatic nitrogens is 2. The molecule has 0 radical (unpaired) electrons. The minimum atomic E-state index is -4.48. The zero-order valence-electron chi connectivity index (χ0n) is 16.5. The Bertz CT molecular complexity index is 1210. The van der Waals surface area contributed by atoms with Gasteiger partial charge in [0, 0.05) is 36.1 Å². The number of nitrogens with zero attached hydrogens (tertiary/aromatic N) is 1. The van der Waals surface area contributed by atoms with Gasteiger partial charge in [0.2, 0.25) is 0 Å². The van der Waals surface area contributed by atoms with E-state index in [1.54, 1.807) is 13.0 Å². The molecular formula is C23H18F4N2O2. The SMILES string of the molecule is CC1=C(C(=O)Cc2cc3cn[nH]c3cc2F)C(c2ccc(C(F)(F)F)cc2)CC(=O)C1. The van der Waals surface area contributed by atoms with E-state index in [1.165, 1.54) is 24.4 Å². The highest BCUT2D eigenvalue weighted by molar-refractivity contribution is 6.02. The Labute approximate surface area is 175 Å². The summed E-state index contributed by atoms with van der Waals surface area (Å²) in [6.45, 7) is 1.66. The fraction of sp³-hybridized carbons (Fsp3) is 0.261. The Morgan fingerprint density at radius 3 is 2.58 bits per heavy atom. The van der Waals surface area contributed by atoms with Crippen LogP contribution in [0.2, 0.25) is 0 Å². The fourth-order valence-electron chi connectivity index (χ4n) is 4.13. The maximum atomic E-state index is 14.5. The predicted molar refractivity (Wildman–Crippen MR) is 106 cm³/mol. The quantitative estimate of drug-likeness (QED) is 0.572. The number of halogens is 4. The third-order valence-corrected chi connectivity index (χ3v) is 5.60. The van der Waals surface area contributed by atoms with Gasteiger partial charge in [-0.15, -0.1) is 0 Å². The van der Waals surface area contributed by atoms with Gasteiger partial charge in [-0.25, -0.2) is 4.39 Å². The second-order valence-electron chi connectivity index (χ2n) is 7.79. The molecule has 0 spiro atoms. The highest BCUT2D eigenvalue weighted by Gasteiger charge is 2.34. The lowest BCUT2D eigenvalue weighted by atomic mass is 9.76. The molecule has 0 amide bonds. The van der Waals surface area contributed by atoms with Crippen molar-refractivity contribution in [1.82, 2.24) is 10.2 Å². The third-order valence-electron chi connectivity index (χ3n) is 5.60. The standard InChI is InChI=1S/C23H18F4N2O2/c1-12-6-17(30)9-18(13-2-4-16(5-3-13)23(25,26)27)22(12)21(31)8-14-7-15-11-28-29-20(15)10-19(14)24/h2-5,7,10-11,18H,6,8-9H2,1H3,(H,28,29). The number of hydrogen-bond donors (Lipinski definition) is 1. The van der Waals surface area contributed by atoms with Gasteiger partial charge in [0.15, 0.2) is 5.78 Å². The van der Waals surface area contributed by atoms with E-state index in [9.17, 15) is 27.2 Å². The number of aromatic amines is 1. The first-order chi connectivity index (χ1) is 14.6. The molecule has 8 heteroatoms. The second kappa shape index (κ2) is 7.76. The molecule has 160 valence electrons. The first-order valence-corrected chi connectivity index (χ1v) is 9.66. The zero-order chi connectivity index (χ0) is 22.3. The largest absolute Gasteiger partial charge is 0.416 e. The number of alkyl halides is 3. The molecule has 1 N–H and O–H groups in total. The van der Waals surface area contributed by atoms with Crippen LogP contribution >= 0.6 is 0 Å². The lowest BCUT2D eigenvalue weighted by molar-refractivity contribution is -0.137. The van der Waals surface area contributed by atoms with E-state index in [4.69, 9.17) is 0 Å². The Morgan fingerprint density at radius 1 is 1.19 bits per heavy atom. The lowest BCUT2D eigenvalue weighted by Crippen LogP contribution is -2.24. The Morgan fingerprint density at radius 2 is 1.90 bits per heavy atom. The van der Waals surface area contributed by atoms with E-state index in [0.29, 0.717) is 27.6 Å². The number of rotatable bonds is 4. The maximum absolute atomic E-state index is 14.5.